The number of rotatable bonds is 15. The molecule has 1 aromatic carbocycles. The Bertz CT molecular complexity index is 1410. The van der Waals surface area contributed by atoms with Gasteiger partial charge in [0.2, 0.25) is 5.82 Å². The minimum atomic E-state index is -1.25. The van der Waals surface area contributed by atoms with Gasteiger partial charge in [0.15, 0.2) is 0 Å². The number of nitrogens with zero attached hydrogens (tertiary/aromatic N) is 4. The van der Waals surface area contributed by atoms with Gasteiger partial charge in [-0.15, -0.1) is 4.37 Å². The summed E-state index contributed by atoms with van der Waals surface area (Å²) < 4.78 is 25.0. The van der Waals surface area contributed by atoms with Gasteiger partial charge >= 0.3 is 11.9 Å². The summed E-state index contributed by atoms with van der Waals surface area (Å²) in [4.78, 5) is 38.2. The highest BCUT2D eigenvalue weighted by Crippen LogP contribution is 2.39. The largest absolute Gasteiger partial charge is 0.478 e. The van der Waals surface area contributed by atoms with Crippen molar-refractivity contribution in [3.63, 3.8) is 0 Å². The van der Waals surface area contributed by atoms with Crippen LogP contribution in [0.25, 0.3) is 0 Å². The fourth-order valence-corrected chi connectivity index (χ4v) is 5.55. The Balaban J connectivity index is 1.23. The van der Waals surface area contributed by atoms with Crippen molar-refractivity contribution >= 4 is 35.2 Å². The molecule has 1 saturated heterocycles. The molecule has 0 spiro atoms. The summed E-state index contributed by atoms with van der Waals surface area (Å²) in [5, 5.41) is 37.7. The van der Waals surface area contributed by atoms with Crippen molar-refractivity contribution in [2.45, 2.75) is 38.7 Å². The Morgan fingerprint density at radius 1 is 1.23 bits per heavy atom. The number of allylic oxidation sites excluding steroid dienone is 2. The molecular weight excluding hydrogens is 596 g/mol. The van der Waals surface area contributed by atoms with E-state index in [4.69, 9.17) is 14.2 Å². The molecular formula is C28H36N6O9S. The molecule has 0 aliphatic carbocycles. The number of aliphatic hydroxyl groups is 1. The zero-order valence-corrected chi connectivity index (χ0v) is 25.3. The number of carboxylic acids is 1. The number of dihydropyridines is 1. The van der Waals surface area contributed by atoms with Crippen molar-refractivity contribution in [2.75, 3.05) is 57.5 Å². The average Bonchev–Trinajstić information content (AvgIpc) is 3.48. The molecule has 3 heterocycles. The van der Waals surface area contributed by atoms with Gasteiger partial charge in [-0.2, -0.15) is 4.37 Å². The number of aliphatic hydroxyl groups excluding tert-OH is 1. The standard InChI is InChI=1S/C28H36N6O9S/c1-17-22(27(36)37)24(19-6-5-7-20(14-19)34(39)40)23(18(2)30-17)28(38)42-11-4-3-8-29-15-21(35)16-43-26-25(31-44-32-26)33-9-12-41-13-10-33/h5-7,14,21,24,29-30,35H,3-4,8-13,15-16H2,1-2H3,(H,36,37). The van der Waals surface area contributed by atoms with E-state index in [0.717, 1.165) is 11.7 Å². The Hall–Kier alpha value is -4.12. The smallest absolute Gasteiger partial charge is 0.336 e. The van der Waals surface area contributed by atoms with Crippen LogP contribution in [0.15, 0.2) is 46.8 Å². The maximum atomic E-state index is 13.2. The Kier molecular flexibility index (Phi) is 11.6. The fraction of sp³-hybridized carbons (Fsp3) is 0.500. The Morgan fingerprint density at radius 2 is 1.98 bits per heavy atom. The lowest BCUT2D eigenvalue weighted by atomic mass is 9.80. The normalized spacial score (nSPS) is 17.7. The maximum absolute atomic E-state index is 13.2. The third-order valence-corrected chi connectivity index (χ3v) is 7.65. The third-order valence-electron chi connectivity index (χ3n) is 7.15. The number of esters is 1. The number of ether oxygens (including phenoxy) is 3. The topological polar surface area (TPSA) is 199 Å². The number of hydrogen-bond donors (Lipinski definition) is 4. The average molecular weight is 633 g/mol. The predicted molar refractivity (Wildman–Crippen MR) is 160 cm³/mol. The molecule has 2 aromatic rings. The van der Waals surface area contributed by atoms with E-state index >= 15 is 0 Å². The molecule has 0 radical (unpaired) electrons. The van der Waals surface area contributed by atoms with E-state index in [1.165, 1.54) is 18.2 Å². The number of hydrogen-bond acceptors (Lipinski definition) is 14. The number of nitrogens with one attached hydrogen (secondary N) is 2. The van der Waals surface area contributed by atoms with Crippen LogP contribution in [0.1, 0.15) is 38.2 Å². The van der Waals surface area contributed by atoms with E-state index in [1.54, 1.807) is 19.9 Å². The summed E-state index contributed by atoms with van der Waals surface area (Å²) in [5.41, 5.74) is 0.842. The molecule has 15 nitrogen and oxygen atoms in total. The van der Waals surface area contributed by atoms with Crippen LogP contribution in [-0.2, 0) is 19.1 Å². The number of anilines is 1. The van der Waals surface area contributed by atoms with Gasteiger partial charge in [-0.1, -0.05) is 12.1 Å². The molecule has 2 unspecified atom stereocenters. The van der Waals surface area contributed by atoms with Crippen molar-refractivity contribution in [3.8, 4) is 5.88 Å². The van der Waals surface area contributed by atoms with Crippen molar-refractivity contribution in [1.29, 1.82) is 0 Å². The molecule has 2 aliphatic heterocycles. The minimum Gasteiger partial charge on any atom is -0.478 e. The van der Waals surface area contributed by atoms with Gasteiger partial charge in [0.1, 0.15) is 12.7 Å². The lowest BCUT2D eigenvalue weighted by Gasteiger charge is -2.29. The number of benzene rings is 1. The van der Waals surface area contributed by atoms with Crippen LogP contribution in [-0.4, -0.2) is 94.5 Å². The van der Waals surface area contributed by atoms with Crippen molar-refractivity contribution in [3.05, 3.63) is 62.5 Å². The van der Waals surface area contributed by atoms with Crippen molar-refractivity contribution in [2.24, 2.45) is 0 Å². The van der Waals surface area contributed by atoms with Gasteiger partial charge in [-0.3, -0.25) is 10.1 Å². The van der Waals surface area contributed by atoms with Crippen molar-refractivity contribution in [1.82, 2.24) is 19.4 Å². The van der Waals surface area contributed by atoms with E-state index in [-0.39, 0.29) is 36.6 Å². The lowest BCUT2D eigenvalue weighted by molar-refractivity contribution is -0.384. The van der Waals surface area contributed by atoms with Crippen LogP contribution in [0.4, 0.5) is 11.5 Å². The molecule has 4 N–H and O–H groups in total. The van der Waals surface area contributed by atoms with E-state index in [2.05, 4.69) is 19.4 Å². The highest BCUT2D eigenvalue weighted by Gasteiger charge is 2.37. The van der Waals surface area contributed by atoms with E-state index < -0.39 is 28.9 Å². The molecule has 2 atom stereocenters. The fourth-order valence-electron chi connectivity index (χ4n) is 5.03. The first-order valence-electron chi connectivity index (χ1n) is 14.2. The summed E-state index contributed by atoms with van der Waals surface area (Å²) in [5.74, 6) is -1.94. The van der Waals surface area contributed by atoms with Crippen LogP contribution in [0.2, 0.25) is 0 Å². The Labute approximate surface area is 258 Å². The van der Waals surface area contributed by atoms with Gasteiger partial charge in [0, 0.05) is 43.2 Å². The highest BCUT2D eigenvalue weighted by atomic mass is 32.1. The monoisotopic (exact) mass is 632 g/mol. The van der Waals surface area contributed by atoms with E-state index in [0.29, 0.717) is 74.3 Å². The lowest BCUT2D eigenvalue weighted by Crippen LogP contribution is -2.37. The van der Waals surface area contributed by atoms with Crippen molar-refractivity contribution < 1.29 is 38.9 Å². The molecule has 0 amide bonds. The van der Waals surface area contributed by atoms with E-state index in [9.17, 15) is 29.9 Å². The first kappa shape index (κ1) is 32.8. The van der Waals surface area contributed by atoms with Gasteiger partial charge in [0.25, 0.3) is 11.6 Å². The minimum absolute atomic E-state index is 0.0495. The number of non-ortho nitro benzene ring substituents is 1. The Morgan fingerprint density at radius 3 is 2.70 bits per heavy atom. The van der Waals surface area contributed by atoms with Crippen LogP contribution >= 0.6 is 11.7 Å². The molecule has 1 aromatic heterocycles. The first-order chi connectivity index (χ1) is 21.2. The SMILES string of the molecule is CC1=C(C(=O)O)C(c2cccc([N+](=O)[O-])c2)C(C(=O)OCCCCNCC(O)COc2nsnc2N2CCOCC2)=C(C)N1. The van der Waals surface area contributed by atoms with Crippen LogP contribution < -0.4 is 20.3 Å². The number of nitro groups is 1. The number of carbonyl (C=O) groups excluding carboxylic acids is 1. The zero-order chi connectivity index (χ0) is 31.6. The van der Waals surface area contributed by atoms with Crippen LogP contribution in [0.3, 0.4) is 0 Å². The number of carboxylic acid groups (broad SMARTS) is 1. The van der Waals surface area contributed by atoms with E-state index in [1.807, 2.05) is 4.90 Å². The zero-order valence-electron chi connectivity index (χ0n) is 24.5. The molecule has 2 aliphatic rings. The molecule has 44 heavy (non-hydrogen) atoms. The highest BCUT2D eigenvalue weighted by molar-refractivity contribution is 6.99. The maximum Gasteiger partial charge on any atom is 0.336 e. The molecule has 0 saturated carbocycles. The molecule has 1 fully saturated rings. The number of nitro benzene ring substituents is 1. The van der Waals surface area contributed by atoms with Crippen LogP contribution in [0.5, 0.6) is 5.88 Å². The number of carbonyl (C=O) groups is 2. The molecule has 0 bridgehead atoms. The summed E-state index contributed by atoms with van der Waals surface area (Å²) in [7, 11) is 0. The molecule has 4 rings (SSSR count). The first-order valence-corrected chi connectivity index (χ1v) is 14.9. The second-order valence-corrected chi connectivity index (χ2v) is 10.8. The van der Waals surface area contributed by atoms with Gasteiger partial charge < -0.3 is 40.0 Å². The number of unbranched alkanes of at least 4 members (excludes halogenated alkanes) is 1. The summed E-state index contributed by atoms with van der Waals surface area (Å²) in [6.45, 7) is 6.81. The summed E-state index contributed by atoms with van der Waals surface area (Å²) >= 11 is 1.05. The number of morpholine rings is 1. The second kappa shape index (κ2) is 15.6. The van der Waals surface area contributed by atoms with Gasteiger partial charge in [-0.25, -0.2) is 9.59 Å². The summed E-state index contributed by atoms with van der Waals surface area (Å²) in [6.07, 6.45) is 0.384. The number of aliphatic carboxylic acids is 1. The predicted octanol–water partition coefficient (Wildman–Crippen LogP) is 1.96. The summed E-state index contributed by atoms with van der Waals surface area (Å²) in [6, 6.07) is 5.59. The second-order valence-electron chi connectivity index (χ2n) is 10.3. The number of aromatic nitrogens is 2. The molecule has 16 heteroatoms. The molecule has 238 valence electrons. The third kappa shape index (κ3) is 8.28. The van der Waals surface area contributed by atoms with Gasteiger partial charge in [0.05, 0.1) is 53.5 Å². The van der Waals surface area contributed by atoms with Crippen LogP contribution in [0, 0.1) is 10.1 Å². The van der Waals surface area contributed by atoms with Gasteiger partial charge in [-0.05, 0) is 38.8 Å². The quantitative estimate of drug-likeness (QED) is 0.0961.